The number of amides is 1. The zero-order chi connectivity index (χ0) is 16.5. The third kappa shape index (κ3) is 3.32. The minimum Gasteiger partial charge on any atom is -0.353 e. The summed E-state index contributed by atoms with van der Waals surface area (Å²) in [5.41, 5.74) is 0. The fourth-order valence-electron chi connectivity index (χ4n) is 5.10. The molecule has 1 aromatic rings. The molecule has 0 saturated heterocycles. The Bertz CT molecular complexity index is 585. The Morgan fingerprint density at radius 1 is 1.29 bits per heavy atom. The van der Waals surface area contributed by atoms with E-state index in [9.17, 15) is 4.79 Å². The van der Waals surface area contributed by atoms with Gasteiger partial charge in [-0.05, 0) is 67.2 Å². The molecule has 0 aromatic carbocycles. The van der Waals surface area contributed by atoms with Gasteiger partial charge in [-0.2, -0.15) is 0 Å². The van der Waals surface area contributed by atoms with Gasteiger partial charge < -0.3 is 5.32 Å². The highest BCUT2D eigenvalue weighted by Gasteiger charge is 2.42. The van der Waals surface area contributed by atoms with Crippen LogP contribution in [0, 0.1) is 17.8 Å². The molecule has 0 spiro atoms. The maximum absolute atomic E-state index is 12.3. The summed E-state index contributed by atoms with van der Waals surface area (Å²) >= 11 is 1.46. The standard InChI is InChI=1S/C17H27N5OS/c1-11(15-9-12-6-7-13(15)8-12)18-16(23)10-24-17-19-20-21-22(17)14-4-2-3-5-14/h11-15H,2-10H2,1H3,(H,18,23)/t11-,12-,13-,15+/m0/s1. The summed E-state index contributed by atoms with van der Waals surface area (Å²) in [5.74, 6) is 2.95. The van der Waals surface area contributed by atoms with Crippen LogP contribution in [0.2, 0.25) is 0 Å². The first-order valence-corrected chi connectivity index (χ1v) is 10.4. The van der Waals surface area contributed by atoms with Crippen molar-refractivity contribution >= 4 is 17.7 Å². The number of rotatable bonds is 6. The van der Waals surface area contributed by atoms with Gasteiger partial charge in [0, 0.05) is 6.04 Å². The molecule has 0 radical (unpaired) electrons. The quantitative estimate of drug-likeness (QED) is 0.800. The largest absolute Gasteiger partial charge is 0.353 e. The number of hydrogen-bond acceptors (Lipinski definition) is 5. The average Bonchev–Trinajstić information content (AvgIpc) is 3.36. The van der Waals surface area contributed by atoms with Gasteiger partial charge in [0.1, 0.15) is 0 Å². The second kappa shape index (κ2) is 7.02. The van der Waals surface area contributed by atoms with Gasteiger partial charge in [-0.3, -0.25) is 4.79 Å². The second-order valence-electron chi connectivity index (χ2n) is 7.83. The van der Waals surface area contributed by atoms with Crippen LogP contribution < -0.4 is 5.32 Å². The molecule has 2 bridgehead atoms. The van der Waals surface area contributed by atoms with E-state index in [0.29, 0.717) is 23.8 Å². The van der Waals surface area contributed by atoms with Crippen molar-refractivity contribution in [3.05, 3.63) is 0 Å². The van der Waals surface area contributed by atoms with Crippen LogP contribution in [0.3, 0.4) is 0 Å². The van der Waals surface area contributed by atoms with Crippen molar-refractivity contribution in [1.29, 1.82) is 0 Å². The molecule has 3 saturated carbocycles. The summed E-state index contributed by atoms with van der Waals surface area (Å²) in [4.78, 5) is 12.3. The predicted octanol–water partition coefficient (Wildman–Crippen LogP) is 2.82. The van der Waals surface area contributed by atoms with E-state index in [2.05, 4.69) is 27.8 Å². The zero-order valence-electron chi connectivity index (χ0n) is 14.4. The highest BCUT2D eigenvalue weighted by molar-refractivity contribution is 7.99. The van der Waals surface area contributed by atoms with E-state index in [1.54, 1.807) is 0 Å². The first-order chi connectivity index (χ1) is 11.7. The van der Waals surface area contributed by atoms with Gasteiger partial charge in [0.25, 0.3) is 0 Å². The smallest absolute Gasteiger partial charge is 0.230 e. The maximum Gasteiger partial charge on any atom is 0.230 e. The Labute approximate surface area is 147 Å². The van der Waals surface area contributed by atoms with Gasteiger partial charge in [0.2, 0.25) is 11.1 Å². The van der Waals surface area contributed by atoms with Gasteiger partial charge >= 0.3 is 0 Å². The first kappa shape index (κ1) is 16.4. The van der Waals surface area contributed by atoms with E-state index in [0.717, 1.165) is 29.8 Å². The van der Waals surface area contributed by atoms with Crippen molar-refractivity contribution in [3.8, 4) is 0 Å². The molecule has 1 aromatic heterocycles. The van der Waals surface area contributed by atoms with Crippen LogP contribution in [0.15, 0.2) is 5.16 Å². The van der Waals surface area contributed by atoms with Gasteiger partial charge in [-0.25, -0.2) is 4.68 Å². The lowest BCUT2D eigenvalue weighted by atomic mass is 9.84. The SMILES string of the molecule is C[C@H](NC(=O)CSc1nnnn1C1CCCC1)[C@H]1C[C@H]2CC[C@H]1C2. The van der Waals surface area contributed by atoms with Crippen LogP contribution in [0.5, 0.6) is 0 Å². The summed E-state index contributed by atoms with van der Waals surface area (Å²) in [7, 11) is 0. The molecule has 0 aliphatic heterocycles. The molecule has 1 heterocycles. The number of hydrogen-bond donors (Lipinski definition) is 1. The lowest BCUT2D eigenvalue weighted by Crippen LogP contribution is -2.41. The number of carbonyl (C=O) groups excluding carboxylic acids is 1. The Hall–Kier alpha value is -1.11. The Balaban J connectivity index is 1.27. The van der Waals surface area contributed by atoms with E-state index in [1.807, 2.05) is 4.68 Å². The molecular weight excluding hydrogens is 322 g/mol. The van der Waals surface area contributed by atoms with Gasteiger partial charge in [0.15, 0.2) is 0 Å². The average molecular weight is 350 g/mol. The van der Waals surface area contributed by atoms with Crippen molar-refractivity contribution in [3.63, 3.8) is 0 Å². The van der Waals surface area contributed by atoms with Gasteiger partial charge in [-0.1, -0.05) is 31.0 Å². The lowest BCUT2D eigenvalue weighted by Gasteiger charge is -2.28. The number of thioether (sulfide) groups is 1. The van der Waals surface area contributed by atoms with Crippen LogP contribution >= 0.6 is 11.8 Å². The molecule has 6 nitrogen and oxygen atoms in total. The number of nitrogens with zero attached hydrogens (tertiary/aromatic N) is 4. The summed E-state index contributed by atoms with van der Waals surface area (Å²) in [6.45, 7) is 2.18. The van der Waals surface area contributed by atoms with E-state index in [1.165, 1.54) is 50.3 Å². The van der Waals surface area contributed by atoms with Crippen LogP contribution in [-0.2, 0) is 4.79 Å². The number of tetrazole rings is 1. The predicted molar refractivity (Wildman–Crippen MR) is 92.6 cm³/mol. The molecule has 1 N–H and O–H groups in total. The van der Waals surface area contributed by atoms with Crippen LogP contribution in [0.25, 0.3) is 0 Å². The summed E-state index contributed by atoms with van der Waals surface area (Å²) in [6.07, 6.45) is 10.2. The number of nitrogens with one attached hydrogen (secondary N) is 1. The lowest BCUT2D eigenvalue weighted by molar-refractivity contribution is -0.119. The highest BCUT2D eigenvalue weighted by atomic mass is 32.2. The minimum absolute atomic E-state index is 0.108. The van der Waals surface area contributed by atoms with Crippen LogP contribution in [0.4, 0.5) is 0 Å². The van der Waals surface area contributed by atoms with Crippen molar-refractivity contribution < 1.29 is 4.79 Å². The topological polar surface area (TPSA) is 72.7 Å². The van der Waals surface area contributed by atoms with Crippen LogP contribution in [-0.4, -0.2) is 37.9 Å². The van der Waals surface area contributed by atoms with E-state index < -0.39 is 0 Å². The number of fused-ring (bicyclic) bond motifs is 2. The molecule has 4 atom stereocenters. The summed E-state index contributed by atoms with van der Waals surface area (Å²) in [6, 6.07) is 0.706. The Morgan fingerprint density at radius 2 is 2.12 bits per heavy atom. The molecule has 132 valence electrons. The molecule has 24 heavy (non-hydrogen) atoms. The van der Waals surface area contributed by atoms with E-state index in [-0.39, 0.29) is 5.91 Å². The summed E-state index contributed by atoms with van der Waals surface area (Å²) in [5, 5.41) is 16.0. The van der Waals surface area contributed by atoms with Crippen LogP contribution in [0.1, 0.15) is 64.3 Å². The summed E-state index contributed by atoms with van der Waals surface area (Å²) < 4.78 is 1.92. The molecule has 3 aliphatic carbocycles. The third-order valence-corrected chi connectivity index (χ3v) is 7.22. The minimum atomic E-state index is 0.108. The molecule has 7 heteroatoms. The maximum atomic E-state index is 12.3. The third-order valence-electron chi connectivity index (χ3n) is 6.29. The van der Waals surface area contributed by atoms with Gasteiger partial charge in [-0.15, -0.1) is 5.10 Å². The molecule has 3 aliphatic rings. The van der Waals surface area contributed by atoms with Crippen molar-refractivity contribution in [2.45, 2.75) is 75.5 Å². The fourth-order valence-corrected chi connectivity index (χ4v) is 5.85. The monoisotopic (exact) mass is 349 g/mol. The van der Waals surface area contributed by atoms with Crippen molar-refractivity contribution in [2.75, 3.05) is 5.75 Å². The molecule has 3 fully saturated rings. The fraction of sp³-hybridized carbons (Fsp3) is 0.882. The Kier molecular flexibility index (Phi) is 4.79. The van der Waals surface area contributed by atoms with E-state index >= 15 is 0 Å². The zero-order valence-corrected chi connectivity index (χ0v) is 15.2. The Morgan fingerprint density at radius 3 is 2.83 bits per heavy atom. The normalized spacial score (nSPS) is 30.8. The molecule has 0 unspecified atom stereocenters. The number of carbonyl (C=O) groups is 1. The number of aromatic nitrogens is 4. The molecule has 4 rings (SSSR count). The molecule has 1 amide bonds. The van der Waals surface area contributed by atoms with Crippen molar-refractivity contribution in [1.82, 2.24) is 25.5 Å². The molecular formula is C17H27N5OS. The highest BCUT2D eigenvalue weighted by Crippen LogP contribution is 2.49. The second-order valence-corrected chi connectivity index (χ2v) is 8.77. The van der Waals surface area contributed by atoms with Gasteiger partial charge in [0.05, 0.1) is 11.8 Å². The van der Waals surface area contributed by atoms with E-state index in [4.69, 9.17) is 0 Å². The first-order valence-electron chi connectivity index (χ1n) is 9.40. The van der Waals surface area contributed by atoms with Crippen molar-refractivity contribution in [2.24, 2.45) is 17.8 Å².